The first-order valence-electron chi connectivity index (χ1n) is 8.16. The van der Waals surface area contributed by atoms with Gasteiger partial charge in [-0.05, 0) is 12.3 Å². The molecule has 0 atom stereocenters. The quantitative estimate of drug-likeness (QED) is 0.791. The van der Waals surface area contributed by atoms with Gasteiger partial charge in [-0.1, -0.05) is 22.1 Å². The SMILES string of the molecule is Cc1nonc1CN1CCN(C(=O)CC2=CSC3=NCCN23)CC1. The third-order valence-electron chi connectivity index (χ3n) is 4.63. The number of hydrogen-bond donors (Lipinski definition) is 0. The molecule has 9 heteroatoms. The number of rotatable bonds is 4. The summed E-state index contributed by atoms with van der Waals surface area (Å²) in [6.45, 7) is 7.57. The van der Waals surface area contributed by atoms with Crippen molar-refractivity contribution in [2.75, 3.05) is 39.3 Å². The van der Waals surface area contributed by atoms with E-state index in [1.807, 2.05) is 11.8 Å². The number of piperazine rings is 1. The largest absolute Gasteiger partial charge is 0.340 e. The van der Waals surface area contributed by atoms with Crippen LogP contribution >= 0.6 is 11.8 Å². The van der Waals surface area contributed by atoms with Gasteiger partial charge in [0.15, 0.2) is 5.17 Å². The molecular formula is C15H20N6O2S. The van der Waals surface area contributed by atoms with Crippen molar-refractivity contribution < 1.29 is 9.42 Å². The van der Waals surface area contributed by atoms with Crippen LogP contribution in [0.25, 0.3) is 0 Å². The number of amidine groups is 1. The van der Waals surface area contributed by atoms with Gasteiger partial charge in [0.1, 0.15) is 11.4 Å². The summed E-state index contributed by atoms with van der Waals surface area (Å²) in [6, 6.07) is 0. The summed E-state index contributed by atoms with van der Waals surface area (Å²) in [6.07, 6.45) is 0.471. The standard InChI is InChI=1S/C15H20N6O2S/c1-11-13(18-23-17-11)9-19-4-6-20(7-5-19)14(22)8-12-10-24-15-16-2-3-21(12)15/h10H,2-9H2,1H3. The van der Waals surface area contributed by atoms with E-state index in [4.69, 9.17) is 4.63 Å². The average Bonchev–Trinajstić information content (AvgIpc) is 3.28. The lowest BCUT2D eigenvalue weighted by Crippen LogP contribution is -2.48. The zero-order valence-electron chi connectivity index (χ0n) is 13.6. The van der Waals surface area contributed by atoms with E-state index in [0.717, 1.165) is 68.1 Å². The van der Waals surface area contributed by atoms with Crippen molar-refractivity contribution in [1.29, 1.82) is 0 Å². The number of fused-ring (bicyclic) bond motifs is 1. The second-order valence-corrected chi connectivity index (χ2v) is 7.01. The number of aryl methyl sites for hydroxylation is 1. The monoisotopic (exact) mass is 348 g/mol. The molecule has 128 valence electrons. The number of amides is 1. The van der Waals surface area contributed by atoms with E-state index >= 15 is 0 Å². The minimum absolute atomic E-state index is 0.203. The molecule has 24 heavy (non-hydrogen) atoms. The number of hydrogen-bond acceptors (Lipinski definition) is 8. The first-order chi connectivity index (χ1) is 11.7. The van der Waals surface area contributed by atoms with Crippen molar-refractivity contribution in [2.45, 2.75) is 19.9 Å². The minimum atomic E-state index is 0.203. The zero-order chi connectivity index (χ0) is 16.5. The molecule has 4 heterocycles. The molecule has 0 aromatic carbocycles. The van der Waals surface area contributed by atoms with Crippen LogP contribution in [0.3, 0.4) is 0 Å². The number of nitrogens with zero attached hydrogens (tertiary/aromatic N) is 6. The molecule has 0 unspecified atom stereocenters. The number of carbonyl (C=O) groups is 1. The molecule has 0 saturated carbocycles. The molecule has 8 nitrogen and oxygen atoms in total. The Kier molecular flexibility index (Phi) is 4.28. The summed E-state index contributed by atoms with van der Waals surface area (Å²) in [5.41, 5.74) is 2.80. The smallest absolute Gasteiger partial charge is 0.228 e. The van der Waals surface area contributed by atoms with Crippen LogP contribution in [0.15, 0.2) is 20.7 Å². The fourth-order valence-electron chi connectivity index (χ4n) is 3.14. The number of aromatic nitrogens is 2. The van der Waals surface area contributed by atoms with Crippen LogP contribution in [0.5, 0.6) is 0 Å². The van der Waals surface area contributed by atoms with Crippen LogP contribution in [0.4, 0.5) is 0 Å². The molecule has 1 fully saturated rings. The zero-order valence-corrected chi connectivity index (χ0v) is 14.5. The van der Waals surface area contributed by atoms with Gasteiger partial charge in [-0.3, -0.25) is 14.7 Å². The Morgan fingerprint density at radius 2 is 2.08 bits per heavy atom. The Balaban J connectivity index is 1.27. The van der Waals surface area contributed by atoms with Crippen molar-refractivity contribution in [3.8, 4) is 0 Å². The molecule has 0 spiro atoms. The number of thioether (sulfide) groups is 1. The lowest BCUT2D eigenvalue weighted by Gasteiger charge is -2.34. The van der Waals surface area contributed by atoms with E-state index in [1.165, 1.54) is 0 Å². The molecule has 0 N–H and O–H groups in total. The second kappa shape index (κ2) is 6.56. The molecule has 1 amide bonds. The van der Waals surface area contributed by atoms with Gasteiger partial charge in [-0.25, -0.2) is 4.63 Å². The maximum Gasteiger partial charge on any atom is 0.228 e. The summed E-state index contributed by atoms with van der Waals surface area (Å²) in [5.74, 6) is 0.203. The molecule has 1 aromatic heterocycles. The normalized spacial score (nSPS) is 21.0. The van der Waals surface area contributed by atoms with Gasteiger partial charge in [0.2, 0.25) is 5.91 Å². The van der Waals surface area contributed by atoms with Crippen LogP contribution in [-0.4, -0.2) is 75.4 Å². The Bertz CT molecular complexity index is 692. The lowest BCUT2D eigenvalue weighted by atomic mass is 10.2. The maximum absolute atomic E-state index is 12.6. The third kappa shape index (κ3) is 3.05. The Labute approximate surface area is 144 Å². The van der Waals surface area contributed by atoms with Gasteiger partial charge in [0, 0.05) is 45.0 Å². The van der Waals surface area contributed by atoms with E-state index in [-0.39, 0.29) is 5.91 Å². The number of carbonyl (C=O) groups excluding carboxylic acids is 1. The molecule has 1 aromatic rings. The highest BCUT2D eigenvalue weighted by molar-refractivity contribution is 8.16. The second-order valence-electron chi connectivity index (χ2n) is 6.17. The summed E-state index contributed by atoms with van der Waals surface area (Å²) >= 11 is 1.63. The fraction of sp³-hybridized carbons (Fsp3) is 0.600. The number of aliphatic imine (C=N–C) groups is 1. The average molecular weight is 348 g/mol. The van der Waals surface area contributed by atoms with Gasteiger partial charge in [-0.15, -0.1) is 0 Å². The predicted molar refractivity (Wildman–Crippen MR) is 90.2 cm³/mol. The van der Waals surface area contributed by atoms with E-state index in [1.54, 1.807) is 11.8 Å². The third-order valence-corrected chi connectivity index (χ3v) is 5.58. The van der Waals surface area contributed by atoms with Crippen molar-refractivity contribution in [2.24, 2.45) is 4.99 Å². The molecule has 0 radical (unpaired) electrons. The predicted octanol–water partition coefficient (Wildman–Crippen LogP) is 0.672. The van der Waals surface area contributed by atoms with Crippen molar-refractivity contribution in [1.82, 2.24) is 25.0 Å². The topological polar surface area (TPSA) is 78.1 Å². The van der Waals surface area contributed by atoms with Crippen LogP contribution < -0.4 is 0 Å². The highest BCUT2D eigenvalue weighted by atomic mass is 32.2. The van der Waals surface area contributed by atoms with Crippen molar-refractivity contribution >= 4 is 22.8 Å². The maximum atomic E-state index is 12.6. The van der Waals surface area contributed by atoms with Crippen LogP contribution in [-0.2, 0) is 11.3 Å². The summed E-state index contributed by atoms with van der Waals surface area (Å²) in [4.78, 5) is 23.4. The van der Waals surface area contributed by atoms with Gasteiger partial charge < -0.3 is 9.80 Å². The van der Waals surface area contributed by atoms with Crippen LogP contribution in [0.2, 0.25) is 0 Å². The Hall–Kier alpha value is -1.87. The van der Waals surface area contributed by atoms with E-state index < -0.39 is 0 Å². The first-order valence-corrected chi connectivity index (χ1v) is 9.04. The van der Waals surface area contributed by atoms with Gasteiger partial charge in [-0.2, -0.15) is 0 Å². The molecule has 0 bridgehead atoms. The molecular weight excluding hydrogens is 328 g/mol. The van der Waals surface area contributed by atoms with Crippen LogP contribution in [0, 0.1) is 6.92 Å². The first kappa shape index (κ1) is 15.6. The van der Waals surface area contributed by atoms with Gasteiger partial charge >= 0.3 is 0 Å². The Morgan fingerprint density at radius 1 is 1.25 bits per heavy atom. The van der Waals surface area contributed by atoms with E-state index in [0.29, 0.717) is 6.42 Å². The summed E-state index contributed by atoms with van der Waals surface area (Å²) in [7, 11) is 0. The summed E-state index contributed by atoms with van der Waals surface area (Å²) in [5, 5.41) is 10.8. The highest BCUT2D eigenvalue weighted by Crippen LogP contribution is 2.31. The molecule has 1 saturated heterocycles. The molecule has 3 aliphatic rings. The van der Waals surface area contributed by atoms with Gasteiger partial charge in [0.05, 0.1) is 13.0 Å². The lowest BCUT2D eigenvalue weighted by molar-refractivity contribution is -0.132. The van der Waals surface area contributed by atoms with Crippen LogP contribution in [0.1, 0.15) is 17.8 Å². The van der Waals surface area contributed by atoms with E-state index in [2.05, 4.69) is 30.5 Å². The Morgan fingerprint density at radius 3 is 2.83 bits per heavy atom. The summed E-state index contributed by atoms with van der Waals surface area (Å²) < 4.78 is 4.74. The van der Waals surface area contributed by atoms with Crippen molar-refractivity contribution in [3.05, 3.63) is 22.5 Å². The van der Waals surface area contributed by atoms with Gasteiger partial charge in [0.25, 0.3) is 0 Å². The van der Waals surface area contributed by atoms with Crippen molar-refractivity contribution in [3.63, 3.8) is 0 Å². The highest BCUT2D eigenvalue weighted by Gasteiger charge is 2.29. The minimum Gasteiger partial charge on any atom is -0.340 e. The fourth-order valence-corrected chi connectivity index (χ4v) is 4.10. The molecule has 0 aliphatic carbocycles. The molecule has 3 aliphatic heterocycles. The molecule has 4 rings (SSSR count). The van der Waals surface area contributed by atoms with E-state index in [9.17, 15) is 4.79 Å².